The van der Waals surface area contributed by atoms with Crippen molar-refractivity contribution in [2.45, 2.75) is 137 Å². The second-order valence-corrected chi connectivity index (χ2v) is 13.3. The minimum atomic E-state index is -0.613. The van der Waals surface area contributed by atoms with E-state index in [2.05, 4.69) is 13.8 Å². The van der Waals surface area contributed by atoms with Crippen LogP contribution in [0.2, 0.25) is 0 Å². The lowest BCUT2D eigenvalue weighted by molar-refractivity contribution is -0.146. The van der Waals surface area contributed by atoms with E-state index in [0.717, 1.165) is 47.3 Å². The minimum Gasteiger partial charge on any atom is -0.493 e. The van der Waals surface area contributed by atoms with E-state index in [9.17, 15) is 9.59 Å². The first-order chi connectivity index (χ1) is 23.8. The number of carbonyl (C=O) groups excluding carboxylic acids is 2. The van der Waals surface area contributed by atoms with Crippen molar-refractivity contribution < 1.29 is 28.5 Å². The molecule has 49 heavy (non-hydrogen) atoms. The predicted molar refractivity (Wildman–Crippen MR) is 200 cm³/mol. The third-order valence-corrected chi connectivity index (χ3v) is 8.86. The van der Waals surface area contributed by atoms with Gasteiger partial charge in [0.15, 0.2) is 6.10 Å². The summed E-state index contributed by atoms with van der Waals surface area (Å²) in [7, 11) is 0. The highest BCUT2D eigenvalue weighted by atomic mass is 16.6. The molecule has 0 N–H and O–H groups in total. The van der Waals surface area contributed by atoms with Gasteiger partial charge in [0.25, 0.3) is 0 Å². The first-order valence-electron chi connectivity index (χ1n) is 18.8. The summed E-state index contributed by atoms with van der Waals surface area (Å²) >= 11 is 0. The first-order valence-corrected chi connectivity index (χ1v) is 18.8. The number of hydrogen-bond acceptors (Lipinski definition) is 6. The van der Waals surface area contributed by atoms with Gasteiger partial charge in [0.05, 0.1) is 12.2 Å². The van der Waals surface area contributed by atoms with Gasteiger partial charge < -0.3 is 18.9 Å². The number of aryl methyl sites for hydroxylation is 2. The van der Waals surface area contributed by atoms with Crippen molar-refractivity contribution in [3.63, 3.8) is 0 Å². The highest BCUT2D eigenvalue weighted by Crippen LogP contribution is 2.28. The highest BCUT2D eigenvalue weighted by molar-refractivity contribution is 5.92. The van der Waals surface area contributed by atoms with Crippen molar-refractivity contribution in [1.29, 1.82) is 0 Å². The monoisotopic (exact) mass is 672 g/mol. The topological polar surface area (TPSA) is 71.1 Å². The van der Waals surface area contributed by atoms with Crippen LogP contribution in [0.5, 0.6) is 17.2 Å². The molecule has 0 amide bonds. The van der Waals surface area contributed by atoms with Crippen LogP contribution in [0.3, 0.4) is 0 Å². The Morgan fingerprint density at radius 3 is 1.49 bits per heavy atom. The number of rotatable bonds is 24. The Morgan fingerprint density at radius 2 is 1.00 bits per heavy atom. The lowest BCUT2D eigenvalue weighted by atomic mass is 10.1. The van der Waals surface area contributed by atoms with E-state index >= 15 is 0 Å². The van der Waals surface area contributed by atoms with Crippen molar-refractivity contribution in [2.24, 2.45) is 0 Å². The van der Waals surface area contributed by atoms with Crippen LogP contribution in [0.15, 0.2) is 60.7 Å². The molecule has 3 aromatic carbocycles. The third kappa shape index (κ3) is 14.8. The van der Waals surface area contributed by atoms with Crippen LogP contribution < -0.4 is 14.2 Å². The standard InChI is InChI=1S/C43H60O6/c1-6-8-10-12-13-14-15-16-18-19-29-46-35(5)42(44)48-39-25-21-36(22-26-39)37-23-27-40(28-24-37)49-43(45)38-31-33(3)41(34(4)32-38)47-30-20-17-11-9-7-2/h21-28,31-32,35H,6-20,29-30H2,1-5H3. The van der Waals surface area contributed by atoms with E-state index in [1.807, 2.05) is 50.2 Å². The third-order valence-electron chi connectivity index (χ3n) is 8.86. The van der Waals surface area contributed by atoms with Crippen LogP contribution in [-0.4, -0.2) is 31.3 Å². The Labute approximate surface area is 295 Å². The zero-order chi connectivity index (χ0) is 35.3. The molecule has 0 aliphatic rings. The number of ether oxygens (including phenoxy) is 4. The molecule has 0 aliphatic carbocycles. The zero-order valence-corrected chi connectivity index (χ0v) is 30.8. The van der Waals surface area contributed by atoms with Crippen LogP contribution >= 0.6 is 0 Å². The van der Waals surface area contributed by atoms with Crippen molar-refractivity contribution in [1.82, 2.24) is 0 Å². The molecular weight excluding hydrogens is 612 g/mol. The van der Waals surface area contributed by atoms with Crippen LogP contribution in [0.25, 0.3) is 11.1 Å². The lowest BCUT2D eigenvalue weighted by Gasteiger charge is -2.14. The van der Waals surface area contributed by atoms with Gasteiger partial charge in [-0.1, -0.05) is 122 Å². The summed E-state index contributed by atoms with van der Waals surface area (Å²) in [5, 5.41) is 0. The molecule has 3 aromatic rings. The average Bonchev–Trinajstić information content (AvgIpc) is 3.10. The smallest absolute Gasteiger partial charge is 0.343 e. The summed E-state index contributed by atoms with van der Waals surface area (Å²) in [6.07, 6.45) is 17.9. The molecule has 3 rings (SSSR count). The first kappa shape index (κ1) is 39.8. The molecule has 0 heterocycles. The maximum absolute atomic E-state index is 13.0. The Kier molecular flexibility index (Phi) is 18.6. The highest BCUT2D eigenvalue weighted by Gasteiger charge is 2.17. The number of esters is 2. The molecular formula is C43H60O6. The van der Waals surface area contributed by atoms with E-state index in [0.29, 0.717) is 30.3 Å². The molecule has 0 saturated carbocycles. The average molecular weight is 673 g/mol. The van der Waals surface area contributed by atoms with Gasteiger partial charge in [-0.25, -0.2) is 9.59 Å². The van der Waals surface area contributed by atoms with E-state index in [4.69, 9.17) is 18.9 Å². The van der Waals surface area contributed by atoms with Crippen molar-refractivity contribution >= 4 is 11.9 Å². The normalized spacial score (nSPS) is 11.7. The van der Waals surface area contributed by atoms with E-state index < -0.39 is 18.0 Å². The summed E-state index contributed by atoms with van der Waals surface area (Å²) in [6, 6.07) is 18.4. The number of benzene rings is 3. The van der Waals surface area contributed by atoms with Gasteiger partial charge in [-0.3, -0.25) is 0 Å². The van der Waals surface area contributed by atoms with Gasteiger partial charge in [0.1, 0.15) is 17.2 Å². The molecule has 0 aromatic heterocycles. The fraction of sp³-hybridized carbons (Fsp3) is 0.535. The Bertz CT molecular complexity index is 1360. The molecule has 1 unspecified atom stereocenters. The number of unbranched alkanes of at least 4 members (excludes halogenated alkanes) is 13. The van der Waals surface area contributed by atoms with Gasteiger partial charge >= 0.3 is 11.9 Å². The summed E-state index contributed by atoms with van der Waals surface area (Å²) < 4.78 is 23.0. The fourth-order valence-electron chi connectivity index (χ4n) is 5.89. The Hall–Kier alpha value is -3.64. The SMILES string of the molecule is CCCCCCCCCCCCOC(C)C(=O)Oc1ccc(-c2ccc(OC(=O)c3cc(C)c(OCCCCCCC)c(C)c3)cc2)cc1. The molecule has 0 bridgehead atoms. The molecule has 0 radical (unpaired) electrons. The largest absolute Gasteiger partial charge is 0.493 e. The summed E-state index contributed by atoms with van der Waals surface area (Å²) in [5.74, 6) is 0.991. The van der Waals surface area contributed by atoms with Gasteiger partial charge in [0.2, 0.25) is 0 Å². The molecule has 6 nitrogen and oxygen atoms in total. The second kappa shape index (κ2) is 22.9. The number of hydrogen-bond donors (Lipinski definition) is 0. The quantitative estimate of drug-likeness (QED) is 0.0536. The fourth-order valence-corrected chi connectivity index (χ4v) is 5.89. The zero-order valence-electron chi connectivity index (χ0n) is 30.8. The molecule has 0 saturated heterocycles. The maximum Gasteiger partial charge on any atom is 0.343 e. The Morgan fingerprint density at radius 1 is 0.571 bits per heavy atom. The van der Waals surface area contributed by atoms with E-state index in [1.54, 1.807) is 31.2 Å². The van der Waals surface area contributed by atoms with Crippen LogP contribution in [0, 0.1) is 13.8 Å². The molecule has 0 fully saturated rings. The minimum absolute atomic E-state index is 0.392. The maximum atomic E-state index is 13.0. The van der Waals surface area contributed by atoms with Crippen LogP contribution in [-0.2, 0) is 9.53 Å². The van der Waals surface area contributed by atoms with Crippen LogP contribution in [0.1, 0.15) is 139 Å². The van der Waals surface area contributed by atoms with Crippen molar-refractivity contribution in [2.75, 3.05) is 13.2 Å². The van der Waals surface area contributed by atoms with E-state index in [-0.39, 0.29) is 0 Å². The second-order valence-electron chi connectivity index (χ2n) is 13.3. The number of carbonyl (C=O) groups is 2. The molecule has 6 heteroatoms. The van der Waals surface area contributed by atoms with Gasteiger partial charge in [0, 0.05) is 6.61 Å². The van der Waals surface area contributed by atoms with Gasteiger partial charge in [-0.05, 0) is 92.3 Å². The van der Waals surface area contributed by atoms with Crippen LogP contribution in [0.4, 0.5) is 0 Å². The molecule has 0 aliphatic heterocycles. The predicted octanol–water partition coefficient (Wildman–Crippen LogP) is 11.8. The summed E-state index contributed by atoms with van der Waals surface area (Å²) in [6.45, 7) is 11.4. The Balaban J connectivity index is 1.39. The van der Waals surface area contributed by atoms with E-state index in [1.165, 1.54) is 77.0 Å². The summed E-state index contributed by atoms with van der Waals surface area (Å²) in [4.78, 5) is 25.5. The summed E-state index contributed by atoms with van der Waals surface area (Å²) in [5.41, 5.74) is 4.26. The lowest BCUT2D eigenvalue weighted by Crippen LogP contribution is -2.26. The molecule has 268 valence electrons. The van der Waals surface area contributed by atoms with Crippen molar-refractivity contribution in [3.8, 4) is 28.4 Å². The van der Waals surface area contributed by atoms with Gasteiger partial charge in [-0.15, -0.1) is 0 Å². The van der Waals surface area contributed by atoms with Crippen molar-refractivity contribution in [3.05, 3.63) is 77.4 Å². The molecule has 1 atom stereocenters. The molecule has 0 spiro atoms. The van der Waals surface area contributed by atoms with Gasteiger partial charge in [-0.2, -0.15) is 0 Å².